The molecule has 2 aliphatic heterocycles. The summed E-state index contributed by atoms with van der Waals surface area (Å²) in [7, 11) is 0. The molecule has 1 saturated heterocycles. The maximum Gasteiger partial charge on any atom is 0.253 e. The van der Waals surface area contributed by atoms with Crippen LogP contribution >= 0.6 is 0 Å². The van der Waals surface area contributed by atoms with Crippen molar-refractivity contribution >= 4 is 17.3 Å². The minimum atomic E-state index is -0.350. The molecule has 2 aliphatic rings. The van der Waals surface area contributed by atoms with E-state index < -0.39 is 0 Å². The molecule has 0 saturated carbocycles. The number of nitriles is 1. The minimum absolute atomic E-state index is 0.0881. The molecule has 1 N–H and O–H groups in total. The number of hydrogen-bond donors (Lipinski definition) is 1. The van der Waals surface area contributed by atoms with E-state index >= 15 is 0 Å². The smallest absolute Gasteiger partial charge is 0.253 e. The van der Waals surface area contributed by atoms with Gasteiger partial charge < -0.3 is 15.1 Å². The number of benzene rings is 2. The van der Waals surface area contributed by atoms with E-state index in [0.29, 0.717) is 43.9 Å². The van der Waals surface area contributed by atoms with E-state index in [1.807, 2.05) is 24.3 Å². The monoisotopic (exact) mass is 362 g/mol. The van der Waals surface area contributed by atoms with Gasteiger partial charge in [0.2, 0.25) is 0 Å². The molecule has 0 spiro atoms. The first-order chi connectivity index (χ1) is 13.2. The van der Waals surface area contributed by atoms with Crippen LogP contribution in [0.2, 0.25) is 0 Å². The number of rotatable bonds is 2. The number of hydrogen-bond acceptors (Lipinski definition) is 4. The lowest BCUT2D eigenvalue weighted by Gasteiger charge is -2.39. The highest BCUT2D eigenvalue weighted by Crippen LogP contribution is 2.33. The molecule has 136 valence electrons. The number of halogens is 1. The van der Waals surface area contributed by atoms with Crippen LogP contribution in [0.5, 0.6) is 0 Å². The molecule has 6 heteroatoms. The van der Waals surface area contributed by atoms with Crippen molar-refractivity contribution in [3.05, 3.63) is 71.0 Å². The highest BCUT2D eigenvalue weighted by atomic mass is 19.1. The highest BCUT2D eigenvalue weighted by Gasteiger charge is 2.28. The maximum absolute atomic E-state index is 13.1. The first kappa shape index (κ1) is 17.1. The molecule has 2 aromatic rings. The number of fused-ring (bicyclic) bond motifs is 1. The van der Waals surface area contributed by atoms with Crippen LogP contribution in [-0.2, 0) is 0 Å². The van der Waals surface area contributed by atoms with Gasteiger partial charge in [0.05, 0.1) is 23.9 Å². The van der Waals surface area contributed by atoms with E-state index in [9.17, 15) is 14.4 Å². The third kappa shape index (κ3) is 3.24. The second kappa shape index (κ2) is 7.12. The molecule has 0 radical (unpaired) electrons. The summed E-state index contributed by atoms with van der Waals surface area (Å²) >= 11 is 0. The number of anilines is 1. The molecule has 0 bridgehead atoms. The summed E-state index contributed by atoms with van der Waals surface area (Å²) in [4.78, 5) is 16.6. The van der Waals surface area contributed by atoms with Gasteiger partial charge in [-0.15, -0.1) is 0 Å². The van der Waals surface area contributed by atoms with E-state index in [4.69, 9.17) is 0 Å². The average Bonchev–Trinajstić information content (AvgIpc) is 2.73. The van der Waals surface area contributed by atoms with Crippen LogP contribution in [0.1, 0.15) is 15.9 Å². The number of carbonyl (C=O) groups excluding carboxylic acids is 1. The molecule has 1 amide bonds. The van der Waals surface area contributed by atoms with Crippen molar-refractivity contribution in [3.63, 3.8) is 0 Å². The molecule has 5 nitrogen and oxygen atoms in total. The third-order valence-electron chi connectivity index (χ3n) is 5.03. The molecule has 27 heavy (non-hydrogen) atoms. The summed E-state index contributed by atoms with van der Waals surface area (Å²) in [5.41, 5.74) is 4.22. The van der Waals surface area contributed by atoms with Crippen LogP contribution in [0.4, 0.5) is 10.1 Å². The molecule has 2 aromatic carbocycles. The van der Waals surface area contributed by atoms with Gasteiger partial charge in [-0.3, -0.25) is 4.79 Å². The van der Waals surface area contributed by atoms with Crippen molar-refractivity contribution in [1.29, 1.82) is 5.26 Å². The normalized spacial score (nSPS) is 16.4. The molecule has 1 fully saturated rings. The number of para-hydroxylation sites is 1. The van der Waals surface area contributed by atoms with Crippen molar-refractivity contribution in [2.24, 2.45) is 0 Å². The van der Waals surface area contributed by atoms with Gasteiger partial charge in [0, 0.05) is 43.0 Å². The Hall–Kier alpha value is -3.33. The Bertz CT molecular complexity index is 937. The van der Waals surface area contributed by atoms with E-state index in [1.165, 1.54) is 24.3 Å². The first-order valence-corrected chi connectivity index (χ1v) is 8.93. The molecule has 4 rings (SSSR count). The van der Waals surface area contributed by atoms with E-state index in [-0.39, 0.29) is 11.7 Å². The quantitative estimate of drug-likeness (QED) is 0.892. The van der Waals surface area contributed by atoms with Crippen LogP contribution in [0.25, 0.3) is 5.70 Å². The average molecular weight is 362 g/mol. The van der Waals surface area contributed by atoms with E-state index in [1.54, 1.807) is 4.90 Å². The summed E-state index contributed by atoms with van der Waals surface area (Å²) in [6.07, 6.45) is 0. The van der Waals surface area contributed by atoms with Gasteiger partial charge in [-0.05, 0) is 30.3 Å². The minimum Gasteiger partial charge on any atom is -0.380 e. The number of carbonyl (C=O) groups is 1. The predicted octanol–water partition coefficient (Wildman–Crippen LogP) is 2.94. The number of nitrogens with one attached hydrogen (secondary N) is 1. The topological polar surface area (TPSA) is 59.4 Å². The lowest BCUT2D eigenvalue weighted by Crippen LogP contribution is -2.48. The SMILES string of the molecule is N#CC1=C(N2CCN(C(=O)c3ccc(F)cc3)CC2)c2ccccc2NC1. The zero-order chi connectivity index (χ0) is 18.8. The van der Waals surface area contributed by atoms with Crippen molar-refractivity contribution < 1.29 is 9.18 Å². The summed E-state index contributed by atoms with van der Waals surface area (Å²) in [6, 6.07) is 15.9. The molecule has 0 aromatic heterocycles. The van der Waals surface area contributed by atoms with Crippen LogP contribution in [-0.4, -0.2) is 48.4 Å². The molecular weight excluding hydrogens is 343 g/mol. The Kier molecular flexibility index (Phi) is 4.51. The van der Waals surface area contributed by atoms with Crippen molar-refractivity contribution in [3.8, 4) is 6.07 Å². The Balaban J connectivity index is 1.52. The molecular formula is C21H19FN4O. The Morgan fingerprint density at radius 3 is 2.44 bits per heavy atom. The van der Waals surface area contributed by atoms with Gasteiger partial charge in [0.1, 0.15) is 5.82 Å². The fourth-order valence-electron chi connectivity index (χ4n) is 3.64. The van der Waals surface area contributed by atoms with E-state index in [2.05, 4.69) is 16.3 Å². The Morgan fingerprint density at radius 2 is 1.74 bits per heavy atom. The predicted molar refractivity (Wildman–Crippen MR) is 101 cm³/mol. The molecule has 0 aliphatic carbocycles. The maximum atomic E-state index is 13.1. The van der Waals surface area contributed by atoms with Gasteiger partial charge in [-0.2, -0.15) is 5.26 Å². The fraction of sp³-hybridized carbons (Fsp3) is 0.238. The number of nitrogens with zero attached hydrogens (tertiary/aromatic N) is 3. The van der Waals surface area contributed by atoms with E-state index in [0.717, 1.165) is 16.9 Å². The standard InChI is InChI=1S/C21H19FN4O/c22-17-7-5-15(6-8-17)21(27)26-11-9-25(10-12-26)20-16(13-23)14-24-19-4-2-1-3-18(19)20/h1-8,24H,9-12,14H2. The van der Waals surface area contributed by atoms with Gasteiger partial charge in [0.15, 0.2) is 0 Å². The van der Waals surface area contributed by atoms with Crippen molar-refractivity contribution in [1.82, 2.24) is 9.80 Å². The first-order valence-electron chi connectivity index (χ1n) is 8.93. The van der Waals surface area contributed by atoms with Gasteiger partial charge in [0.25, 0.3) is 5.91 Å². The molecule has 2 heterocycles. The summed E-state index contributed by atoms with van der Waals surface area (Å²) in [5, 5.41) is 12.8. The van der Waals surface area contributed by atoms with Crippen LogP contribution in [0, 0.1) is 17.1 Å². The lowest BCUT2D eigenvalue weighted by atomic mass is 9.99. The summed E-state index contributed by atoms with van der Waals surface area (Å²) in [6.45, 7) is 2.95. The number of piperazine rings is 1. The largest absolute Gasteiger partial charge is 0.380 e. The summed E-state index contributed by atoms with van der Waals surface area (Å²) < 4.78 is 13.1. The fourth-order valence-corrected chi connectivity index (χ4v) is 3.64. The second-order valence-corrected chi connectivity index (χ2v) is 6.62. The highest BCUT2D eigenvalue weighted by molar-refractivity contribution is 5.94. The van der Waals surface area contributed by atoms with Crippen LogP contribution in [0.15, 0.2) is 54.1 Å². The zero-order valence-corrected chi connectivity index (χ0v) is 14.8. The van der Waals surface area contributed by atoms with Gasteiger partial charge in [-0.25, -0.2) is 4.39 Å². The lowest BCUT2D eigenvalue weighted by molar-refractivity contribution is 0.0686. The third-order valence-corrected chi connectivity index (χ3v) is 5.03. The molecule has 0 unspecified atom stereocenters. The van der Waals surface area contributed by atoms with Gasteiger partial charge >= 0.3 is 0 Å². The number of amides is 1. The summed E-state index contributed by atoms with van der Waals surface area (Å²) in [5.74, 6) is -0.438. The Labute approximate surface area is 157 Å². The zero-order valence-electron chi connectivity index (χ0n) is 14.8. The van der Waals surface area contributed by atoms with Gasteiger partial charge in [-0.1, -0.05) is 18.2 Å². The second-order valence-electron chi connectivity index (χ2n) is 6.62. The van der Waals surface area contributed by atoms with Crippen molar-refractivity contribution in [2.75, 3.05) is 38.0 Å². The van der Waals surface area contributed by atoms with Crippen LogP contribution < -0.4 is 5.32 Å². The van der Waals surface area contributed by atoms with Crippen molar-refractivity contribution in [2.45, 2.75) is 0 Å². The molecule has 0 atom stereocenters. The Morgan fingerprint density at radius 1 is 1.04 bits per heavy atom. The van der Waals surface area contributed by atoms with Crippen LogP contribution in [0.3, 0.4) is 0 Å².